The molecule has 142 valence electrons. The Balaban J connectivity index is 1.74. The predicted octanol–water partition coefficient (Wildman–Crippen LogP) is 7.94. The van der Waals surface area contributed by atoms with Gasteiger partial charge in [0, 0.05) is 27.9 Å². The first-order valence-corrected chi connectivity index (χ1v) is 10.2. The Morgan fingerprint density at radius 3 is 1.57 bits per heavy atom. The summed E-state index contributed by atoms with van der Waals surface area (Å²) < 4.78 is 0. The molecule has 0 aliphatic heterocycles. The fourth-order valence-electron chi connectivity index (χ4n) is 4.46. The van der Waals surface area contributed by atoms with Crippen molar-refractivity contribution >= 4 is 49.5 Å². The minimum Gasteiger partial charge on any atom is -0.361 e. The molecule has 5 aromatic carbocycles. The van der Waals surface area contributed by atoms with Crippen molar-refractivity contribution in [3.63, 3.8) is 0 Å². The molecule has 2 heteroatoms. The highest BCUT2D eigenvalue weighted by Gasteiger charge is 2.19. The first-order valence-electron chi connectivity index (χ1n) is 10.2. The lowest BCUT2D eigenvalue weighted by Gasteiger charge is -2.28. The Morgan fingerprint density at radius 2 is 0.933 bits per heavy atom. The Kier molecular flexibility index (Phi) is 3.82. The van der Waals surface area contributed by atoms with Crippen LogP contribution < -0.4 is 4.90 Å². The van der Waals surface area contributed by atoms with Crippen LogP contribution in [0.3, 0.4) is 0 Å². The van der Waals surface area contributed by atoms with Gasteiger partial charge in [0.25, 0.3) is 0 Å². The number of aromatic nitrogens is 1. The van der Waals surface area contributed by atoms with E-state index in [1.165, 1.54) is 44.0 Å². The molecule has 1 heterocycles. The van der Waals surface area contributed by atoms with Gasteiger partial charge >= 0.3 is 0 Å². The third kappa shape index (κ3) is 2.58. The minimum absolute atomic E-state index is 1.14. The number of rotatable bonds is 3. The molecule has 0 unspecified atom stereocenters. The van der Waals surface area contributed by atoms with Crippen LogP contribution in [0.15, 0.2) is 115 Å². The number of hydrogen-bond donors (Lipinski definition) is 1. The van der Waals surface area contributed by atoms with Gasteiger partial charge < -0.3 is 9.88 Å². The van der Waals surface area contributed by atoms with Crippen molar-refractivity contribution in [2.45, 2.75) is 0 Å². The molecule has 0 amide bonds. The molecular formula is C28H20N2. The van der Waals surface area contributed by atoms with Crippen LogP contribution in [-0.2, 0) is 0 Å². The standard InChI is InChI=1S/C28H20N2/c1-3-12-22-20(8-1)10-5-15-26(22)30(28-17-7-14-25-24(28)18-19-29-25)27-16-6-11-21-9-2-4-13-23(21)27/h1-19,29H. The van der Waals surface area contributed by atoms with E-state index in [1.54, 1.807) is 0 Å². The number of H-pyrrole nitrogens is 1. The van der Waals surface area contributed by atoms with E-state index in [0.29, 0.717) is 0 Å². The van der Waals surface area contributed by atoms with Crippen LogP contribution in [0.2, 0.25) is 0 Å². The van der Waals surface area contributed by atoms with Gasteiger partial charge in [0.2, 0.25) is 0 Å². The molecule has 0 spiro atoms. The molecule has 1 N–H and O–H groups in total. The zero-order chi connectivity index (χ0) is 19.9. The van der Waals surface area contributed by atoms with Crippen molar-refractivity contribution in [2.24, 2.45) is 0 Å². The molecule has 0 aliphatic rings. The fourth-order valence-corrected chi connectivity index (χ4v) is 4.46. The van der Waals surface area contributed by atoms with Crippen LogP contribution in [-0.4, -0.2) is 4.98 Å². The smallest absolute Gasteiger partial charge is 0.0555 e. The first-order chi connectivity index (χ1) is 14.9. The normalized spacial score (nSPS) is 11.3. The van der Waals surface area contributed by atoms with Gasteiger partial charge in [-0.25, -0.2) is 0 Å². The van der Waals surface area contributed by atoms with Crippen molar-refractivity contribution in [1.29, 1.82) is 0 Å². The van der Waals surface area contributed by atoms with E-state index < -0.39 is 0 Å². The highest BCUT2D eigenvalue weighted by molar-refractivity contribution is 6.08. The lowest BCUT2D eigenvalue weighted by molar-refractivity contribution is 1.33. The summed E-state index contributed by atoms with van der Waals surface area (Å²) in [7, 11) is 0. The topological polar surface area (TPSA) is 19.0 Å². The second kappa shape index (κ2) is 6.78. The van der Waals surface area contributed by atoms with E-state index in [1.807, 2.05) is 6.20 Å². The average Bonchev–Trinajstić information content (AvgIpc) is 3.29. The summed E-state index contributed by atoms with van der Waals surface area (Å²) in [6, 6.07) is 38.9. The van der Waals surface area contributed by atoms with Crippen LogP contribution in [0.5, 0.6) is 0 Å². The molecule has 1 aromatic heterocycles. The molecule has 30 heavy (non-hydrogen) atoms. The molecule has 0 atom stereocenters. The fraction of sp³-hybridized carbons (Fsp3) is 0. The summed E-state index contributed by atoms with van der Waals surface area (Å²) in [6.45, 7) is 0. The van der Waals surface area contributed by atoms with Gasteiger partial charge in [-0.1, -0.05) is 78.9 Å². The summed E-state index contributed by atoms with van der Waals surface area (Å²) in [5.41, 5.74) is 4.66. The minimum atomic E-state index is 1.14. The van der Waals surface area contributed by atoms with E-state index >= 15 is 0 Å². The number of fused-ring (bicyclic) bond motifs is 3. The molecule has 6 aromatic rings. The molecule has 0 aliphatic carbocycles. The van der Waals surface area contributed by atoms with E-state index in [-0.39, 0.29) is 0 Å². The molecule has 0 saturated carbocycles. The maximum Gasteiger partial charge on any atom is 0.0555 e. The van der Waals surface area contributed by atoms with Crippen LogP contribution in [0.4, 0.5) is 17.1 Å². The Hall–Kier alpha value is -4.04. The summed E-state index contributed by atoms with van der Waals surface area (Å²) in [5.74, 6) is 0. The maximum absolute atomic E-state index is 3.37. The van der Waals surface area contributed by atoms with Crippen LogP contribution >= 0.6 is 0 Å². The first kappa shape index (κ1) is 16.9. The van der Waals surface area contributed by atoms with Crippen LogP contribution in [0, 0.1) is 0 Å². The summed E-state index contributed by atoms with van der Waals surface area (Å²) in [4.78, 5) is 5.77. The molecular weight excluding hydrogens is 364 g/mol. The lowest BCUT2D eigenvalue weighted by Crippen LogP contribution is -2.11. The summed E-state index contributed by atoms with van der Waals surface area (Å²) in [5, 5.41) is 6.15. The van der Waals surface area contributed by atoms with E-state index in [4.69, 9.17) is 0 Å². The highest BCUT2D eigenvalue weighted by atomic mass is 15.1. The van der Waals surface area contributed by atoms with Crippen molar-refractivity contribution in [3.8, 4) is 0 Å². The second-order valence-electron chi connectivity index (χ2n) is 7.55. The molecule has 0 radical (unpaired) electrons. The number of benzene rings is 5. The molecule has 0 saturated heterocycles. The molecule has 0 fully saturated rings. The number of hydrogen-bond acceptors (Lipinski definition) is 1. The number of nitrogens with one attached hydrogen (secondary N) is 1. The van der Waals surface area contributed by atoms with Gasteiger partial charge in [0.05, 0.1) is 17.1 Å². The molecule has 2 nitrogen and oxygen atoms in total. The van der Waals surface area contributed by atoms with E-state index in [0.717, 1.165) is 5.52 Å². The van der Waals surface area contributed by atoms with Crippen molar-refractivity contribution in [2.75, 3.05) is 4.90 Å². The summed E-state index contributed by atoms with van der Waals surface area (Å²) in [6.07, 6.45) is 2.01. The van der Waals surface area contributed by atoms with Gasteiger partial charge in [-0.2, -0.15) is 0 Å². The Morgan fingerprint density at radius 1 is 0.433 bits per heavy atom. The Labute approximate surface area is 175 Å². The summed E-state index contributed by atoms with van der Waals surface area (Å²) >= 11 is 0. The van der Waals surface area contributed by atoms with Gasteiger partial charge in [0.1, 0.15) is 0 Å². The number of nitrogens with zero attached hydrogens (tertiary/aromatic N) is 1. The third-order valence-electron chi connectivity index (χ3n) is 5.83. The van der Waals surface area contributed by atoms with Crippen LogP contribution in [0.25, 0.3) is 32.4 Å². The average molecular weight is 384 g/mol. The van der Waals surface area contributed by atoms with Crippen LogP contribution in [0.1, 0.15) is 0 Å². The second-order valence-corrected chi connectivity index (χ2v) is 7.55. The van der Waals surface area contributed by atoms with Crippen molar-refractivity contribution < 1.29 is 0 Å². The highest BCUT2D eigenvalue weighted by Crippen LogP contribution is 2.44. The predicted molar refractivity (Wildman–Crippen MR) is 128 cm³/mol. The van der Waals surface area contributed by atoms with Gasteiger partial charge in [-0.15, -0.1) is 0 Å². The number of aromatic amines is 1. The zero-order valence-corrected chi connectivity index (χ0v) is 16.4. The van der Waals surface area contributed by atoms with Gasteiger partial charge in [-0.05, 0) is 41.1 Å². The van der Waals surface area contributed by atoms with Crippen molar-refractivity contribution in [3.05, 3.63) is 115 Å². The molecule has 0 bridgehead atoms. The largest absolute Gasteiger partial charge is 0.361 e. The zero-order valence-electron chi connectivity index (χ0n) is 16.4. The lowest BCUT2D eigenvalue weighted by atomic mass is 10.0. The SMILES string of the molecule is c1ccc2c(N(c3cccc4ccccc34)c3cccc4[nH]ccc34)cccc2c1. The monoisotopic (exact) mass is 384 g/mol. The number of anilines is 3. The van der Waals surface area contributed by atoms with E-state index in [2.05, 4.69) is 119 Å². The van der Waals surface area contributed by atoms with Gasteiger partial charge in [-0.3, -0.25) is 0 Å². The third-order valence-corrected chi connectivity index (χ3v) is 5.83. The Bertz CT molecular complexity index is 1420. The quantitative estimate of drug-likeness (QED) is 0.328. The molecule has 6 rings (SSSR count). The van der Waals surface area contributed by atoms with Crippen molar-refractivity contribution in [1.82, 2.24) is 4.98 Å². The van der Waals surface area contributed by atoms with E-state index in [9.17, 15) is 0 Å². The van der Waals surface area contributed by atoms with Gasteiger partial charge in [0.15, 0.2) is 0 Å². The maximum atomic E-state index is 3.37.